The van der Waals surface area contributed by atoms with Crippen LogP contribution in [0.25, 0.3) is 11.1 Å². The van der Waals surface area contributed by atoms with Crippen molar-refractivity contribution < 1.29 is 4.74 Å². The highest BCUT2D eigenvalue weighted by molar-refractivity contribution is 6.32. The minimum Gasteiger partial charge on any atom is -0.484 e. The summed E-state index contributed by atoms with van der Waals surface area (Å²) in [4.78, 5) is 4.23. The predicted octanol–water partition coefficient (Wildman–Crippen LogP) is 5.79. The van der Waals surface area contributed by atoms with E-state index in [9.17, 15) is 0 Å². The zero-order chi connectivity index (χ0) is 18.6. The Morgan fingerprint density at radius 2 is 1.85 bits per heavy atom. The second kappa shape index (κ2) is 8.30. The maximum Gasteiger partial charge on any atom is 0.138 e. The van der Waals surface area contributed by atoms with Crippen LogP contribution in [0.15, 0.2) is 67.0 Å². The first-order valence-electron chi connectivity index (χ1n) is 9.03. The Kier molecular flexibility index (Phi) is 5.63. The Balaban J connectivity index is 1.63. The van der Waals surface area contributed by atoms with Gasteiger partial charge in [0.15, 0.2) is 0 Å². The minimum absolute atomic E-state index is 0.147. The third-order valence-electron chi connectivity index (χ3n) is 4.87. The van der Waals surface area contributed by atoms with Crippen LogP contribution in [0.4, 0.5) is 0 Å². The van der Waals surface area contributed by atoms with Crippen LogP contribution < -0.4 is 10.1 Å². The van der Waals surface area contributed by atoms with E-state index in [1.165, 1.54) is 0 Å². The molecule has 0 aliphatic carbocycles. The number of rotatable bonds is 5. The molecule has 2 heterocycles. The fourth-order valence-corrected chi connectivity index (χ4v) is 3.91. The van der Waals surface area contributed by atoms with Crippen molar-refractivity contribution in [3.63, 3.8) is 0 Å². The average Bonchev–Trinajstić information content (AvgIpc) is 3.22. The molecule has 4 rings (SSSR count). The molecule has 3 nitrogen and oxygen atoms in total. The SMILES string of the molecule is Clc1cncc([C@@H](Oc2ccc(-c3ccccc3)cc2Cl)[C@@H]2CCNC2)c1. The highest BCUT2D eigenvalue weighted by Crippen LogP contribution is 2.37. The predicted molar refractivity (Wildman–Crippen MR) is 110 cm³/mol. The highest BCUT2D eigenvalue weighted by Gasteiger charge is 2.29. The van der Waals surface area contributed by atoms with Crippen LogP contribution in [0, 0.1) is 5.92 Å². The van der Waals surface area contributed by atoms with Crippen molar-refractivity contribution in [2.75, 3.05) is 13.1 Å². The van der Waals surface area contributed by atoms with E-state index in [1.807, 2.05) is 48.7 Å². The number of pyridine rings is 1. The Labute approximate surface area is 169 Å². The van der Waals surface area contributed by atoms with E-state index in [2.05, 4.69) is 22.4 Å². The Morgan fingerprint density at radius 1 is 1.00 bits per heavy atom. The number of hydrogen-bond acceptors (Lipinski definition) is 3. The van der Waals surface area contributed by atoms with Gasteiger partial charge >= 0.3 is 0 Å². The van der Waals surface area contributed by atoms with Crippen LogP contribution in [0.2, 0.25) is 10.0 Å². The minimum atomic E-state index is -0.147. The second-order valence-corrected chi connectivity index (χ2v) is 7.58. The van der Waals surface area contributed by atoms with Gasteiger partial charge in [0.05, 0.1) is 10.0 Å². The smallest absolute Gasteiger partial charge is 0.138 e. The number of ether oxygens (including phenoxy) is 1. The van der Waals surface area contributed by atoms with Gasteiger partial charge in [0.1, 0.15) is 11.9 Å². The monoisotopic (exact) mass is 398 g/mol. The number of nitrogens with one attached hydrogen (secondary N) is 1. The summed E-state index contributed by atoms with van der Waals surface area (Å²) < 4.78 is 6.39. The average molecular weight is 399 g/mol. The van der Waals surface area contributed by atoms with Gasteiger partial charge in [-0.15, -0.1) is 0 Å². The van der Waals surface area contributed by atoms with E-state index < -0.39 is 0 Å². The molecule has 0 unspecified atom stereocenters. The molecule has 0 spiro atoms. The van der Waals surface area contributed by atoms with Crippen LogP contribution in [0.3, 0.4) is 0 Å². The summed E-state index contributed by atoms with van der Waals surface area (Å²) in [7, 11) is 0. The molecule has 138 valence electrons. The standard InChI is InChI=1S/C22H20Cl2N2O/c23-19-10-18(13-26-14-19)22(17-8-9-25-12-17)27-21-7-6-16(11-20(21)24)15-4-2-1-3-5-15/h1-7,10-11,13-14,17,22,25H,8-9,12H2/t17-,22+/m1/s1. The van der Waals surface area contributed by atoms with Crippen LogP contribution >= 0.6 is 23.2 Å². The van der Waals surface area contributed by atoms with E-state index in [0.29, 0.717) is 21.7 Å². The van der Waals surface area contributed by atoms with Crippen molar-refractivity contribution in [3.05, 3.63) is 82.6 Å². The van der Waals surface area contributed by atoms with Crippen LogP contribution in [0.5, 0.6) is 5.75 Å². The van der Waals surface area contributed by atoms with Gasteiger partial charge in [-0.25, -0.2) is 0 Å². The zero-order valence-electron chi connectivity index (χ0n) is 14.7. The summed E-state index contributed by atoms with van der Waals surface area (Å²) in [5.74, 6) is 1.02. The largest absolute Gasteiger partial charge is 0.484 e. The van der Waals surface area contributed by atoms with Gasteiger partial charge in [0.25, 0.3) is 0 Å². The summed E-state index contributed by atoms with van der Waals surface area (Å²) in [6.07, 6.45) is 4.35. The van der Waals surface area contributed by atoms with Crippen LogP contribution in [0.1, 0.15) is 18.1 Å². The highest BCUT2D eigenvalue weighted by atomic mass is 35.5. The van der Waals surface area contributed by atoms with E-state index >= 15 is 0 Å². The van der Waals surface area contributed by atoms with Crippen molar-refractivity contribution in [1.29, 1.82) is 0 Å². The molecule has 2 aromatic carbocycles. The third-order valence-corrected chi connectivity index (χ3v) is 5.38. The molecule has 5 heteroatoms. The fraction of sp³-hybridized carbons (Fsp3) is 0.227. The molecule has 0 bridgehead atoms. The van der Waals surface area contributed by atoms with Gasteiger partial charge in [-0.2, -0.15) is 0 Å². The van der Waals surface area contributed by atoms with E-state index in [0.717, 1.165) is 36.2 Å². The van der Waals surface area contributed by atoms with Crippen LogP contribution in [-0.2, 0) is 0 Å². The molecule has 0 saturated carbocycles. The molecular formula is C22H20Cl2N2O. The maximum absolute atomic E-state index is 6.57. The van der Waals surface area contributed by atoms with Gasteiger partial charge in [0, 0.05) is 30.4 Å². The number of halogens is 2. The molecule has 1 aliphatic heterocycles. The fourth-order valence-electron chi connectivity index (χ4n) is 3.50. The van der Waals surface area contributed by atoms with Crippen molar-refractivity contribution in [2.45, 2.75) is 12.5 Å². The molecule has 0 radical (unpaired) electrons. The van der Waals surface area contributed by atoms with Gasteiger partial charge in [-0.05, 0) is 42.3 Å². The van der Waals surface area contributed by atoms with Crippen molar-refractivity contribution in [3.8, 4) is 16.9 Å². The normalized spacial score (nSPS) is 17.6. The van der Waals surface area contributed by atoms with Crippen molar-refractivity contribution >= 4 is 23.2 Å². The molecule has 1 aromatic heterocycles. The lowest BCUT2D eigenvalue weighted by atomic mass is 9.96. The van der Waals surface area contributed by atoms with E-state index in [4.69, 9.17) is 27.9 Å². The summed E-state index contributed by atoms with van der Waals surface area (Å²) in [6.45, 7) is 1.89. The lowest BCUT2D eigenvalue weighted by Gasteiger charge is -2.25. The Morgan fingerprint density at radius 3 is 2.56 bits per heavy atom. The summed E-state index contributed by atoms with van der Waals surface area (Å²) >= 11 is 12.7. The van der Waals surface area contributed by atoms with Gasteiger partial charge in [0.2, 0.25) is 0 Å². The molecule has 1 saturated heterocycles. The topological polar surface area (TPSA) is 34.1 Å². The molecule has 2 atom stereocenters. The van der Waals surface area contributed by atoms with E-state index in [-0.39, 0.29) is 6.10 Å². The van der Waals surface area contributed by atoms with Crippen LogP contribution in [-0.4, -0.2) is 18.1 Å². The lowest BCUT2D eigenvalue weighted by molar-refractivity contribution is 0.144. The molecule has 1 N–H and O–H groups in total. The summed E-state index contributed by atoms with van der Waals surface area (Å²) in [5.41, 5.74) is 3.16. The number of aromatic nitrogens is 1. The first-order chi connectivity index (χ1) is 13.2. The van der Waals surface area contributed by atoms with Gasteiger partial charge in [-0.3, -0.25) is 4.98 Å². The van der Waals surface area contributed by atoms with Crippen molar-refractivity contribution in [1.82, 2.24) is 10.3 Å². The quantitative estimate of drug-likeness (QED) is 0.590. The van der Waals surface area contributed by atoms with Gasteiger partial charge < -0.3 is 10.1 Å². The molecule has 1 fully saturated rings. The maximum atomic E-state index is 6.57. The molecule has 1 aliphatic rings. The summed E-state index contributed by atoms with van der Waals surface area (Å²) in [5, 5.41) is 4.61. The molecule has 27 heavy (non-hydrogen) atoms. The number of hydrogen-bond donors (Lipinski definition) is 1. The lowest BCUT2D eigenvalue weighted by Crippen LogP contribution is -2.21. The Bertz CT molecular complexity index is 911. The third kappa shape index (κ3) is 4.27. The number of nitrogens with zero attached hydrogens (tertiary/aromatic N) is 1. The first-order valence-corrected chi connectivity index (χ1v) is 9.79. The molecular weight excluding hydrogens is 379 g/mol. The first kappa shape index (κ1) is 18.3. The summed E-state index contributed by atoms with van der Waals surface area (Å²) in [6, 6.07) is 18.0. The van der Waals surface area contributed by atoms with E-state index in [1.54, 1.807) is 6.20 Å². The molecule has 3 aromatic rings. The Hall–Kier alpha value is -2.07. The zero-order valence-corrected chi connectivity index (χ0v) is 16.3. The van der Waals surface area contributed by atoms with Gasteiger partial charge in [-0.1, -0.05) is 59.6 Å². The number of benzene rings is 2. The molecule has 0 amide bonds. The van der Waals surface area contributed by atoms with Crippen molar-refractivity contribution in [2.24, 2.45) is 5.92 Å². The second-order valence-electron chi connectivity index (χ2n) is 6.74.